The van der Waals surface area contributed by atoms with E-state index >= 15 is 0 Å². The van der Waals surface area contributed by atoms with Gasteiger partial charge in [0.05, 0.1) is 13.2 Å². The zero-order valence-electron chi connectivity index (χ0n) is 15.2. The zero-order chi connectivity index (χ0) is 17.9. The summed E-state index contributed by atoms with van der Waals surface area (Å²) in [5, 5.41) is 8.94. The van der Waals surface area contributed by atoms with Crippen LogP contribution in [0.15, 0.2) is 24.3 Å². The van der Waals surface area contributed by atoms with E-state index in [1.165, 1.54) is 18.9 Å². The maximum atomic E-state index is 10.9. The van der Waals surface area contributed by atoms with E-state index < -0.39 is 5.97 Å². The van der Waals surface area contributed by atoms with Gasteiger partial charge in [-0.15, -0.1) is 0 Å². The SMILES string of the molecule is CCCCCC(c1cc(OC)ccc1/C=C/C(=O)O)C(C)OCC. The number of unbranched alkanes of at least 4 members (excludes halogenated alkanes) is 2. The molecule has 0 aliphatic heterocycles. The molecule has 0 aliphatic carbocycles. The molecule has 1 aromatic rings. The Morgan fingerprint density at radius 3 is 2.62 bits per heavy atom. The molecule has 24 heavy (non-hydrogen) atoms. The van der Waals surface area contributed by atoms with Crippen LogP contribution < -0.4 is 4.74 Å². The minimum absolute atomic E-state index is 0.0657. The number of carboxylic acid groups (broad SMARTS) is 1. The Labute approximate surface area is 145 Å². The van der Waals surface area contributed by atoms with E-state index in [9.17, 15) is 4.79 Å². The number of rotatable bonds is 11. The Hall–Kier alpha value is -1.81. The van der Waals surface area contributed by atoms with E-state index in [0.717, 1.165) is 29.7 Å². The fraction of sp³-hybridized carbons (Fsp3) is 0.550. The number of benzene rings is 1. The predicted molar refractivity (Wildman–Crippen MR) is 97.6 cm³/mol. The number of hydrogen-bond acceptors (Lipinski definition) is 3. The number of carbonyl (C=O) groups is 1. The van der Waals surface area contributed by atoms with Crippen LogP contribution in [0.4, 0.5) is 0 Å². The van der Waals surface area contributed by atoms with E-state index in [1.807, 2.05) is 25.1 Å². The second kappa shape index (κ2) is 10.9. The standard InChI is InChI=1S/C20H30O4/c1-5-7-8-9-18(15(3)24-6-2)19-14-17(23-4)12-10-16(19)11-13-20(21)22/h10-15,18H,5-9H2,1-4H3,(H,21,22)/b13-11+. The summed E-state index contributed by atoms with van der Waals surface area (Å²) in [5.41, 5.74) is 2.00. The highest BCUT2D eigenvalue weighted by Gasteiger charge is 2.22. The van der Waals surface area contributed by atoms with Crippen LogP contribution in [0.2, 0.25) is 0 Å². The lowest BCUT2D eigenvalue weighted by Gasteiger charge is -2.26. The van der Waals surface area contributed by atoms with Gasteiger partial charge in [0.25, 0.3) is 0 Å². The van der Waals surface area contributed by atoms with Crippen LogP contribution in [0, 0.1) is 0 Å². The normalized spacial score (nSPS) is 13.8. The summed E-state index contributed by atoms with van der Waals surface area (Å²) in [6.45, 7) is 6.93. The van der Waals surface area contributed by atoms with Crippen LogP contribution in [0.5, 0.6) is 5.75 Å². The maximum Gasteiger partial charge on any atom is 0.328 e. The van der Waals surface area contributed by atoms with Crippen molar-refractivity contribution in [2.75, 3.05) is 13.7 Å². The first-order valence-electron chi connectivity index (χ1n) is 8.74. The molecule has 0 spiro atoms. The molecule has 1 rings (SSSR count). The van der Waals surface area contributed by atoms with Crippen molar-refractivity contribution in [1.29, 1.82) is 0 Å². The van der Waals surface area contributed by atoms with Gasteiger partial charge in [0.2, 0.25) is 0 Å². The molecular weight excluding hydrogens is 304 g/mol. The molecule has 0 fully saturated rings. The first-order valence-corrected chi connectivity index (χ1v) is 8.74. The third-order valence-corrected chi connectivity index (χ3v) is 4.21. The van der Waals surface area contributed by atoms with Crippen LogP contribution in [-0.2, 0) is 9.53 Å². The van der Waals surface area contributed by atoms with Gasteiger partial charge in [0.1, 0.15) is 5.75 Å². The van der Waals surface area contributed by atoms with Crippen molar-refractivity contribution in [3.05, 3.63) is 35.4 Å². The zero-order valence-corrected chi connectivity index (χ0v) is 15.2. The van der Waals surface area contributed by atoms with E-state index in [4.69, 9.17) is 14.6 Å². The molecule has 4 heteroatoms. The van der Waals surface area contributed by atoms with Gasteiger partial charge in [0, 0.05) is 18.6 Å². The molecule has 2 atom stereocenters. The number of ether oxygens (including phenoxy) is 2. The van der Waals surface area contributed by atoms with Gasteiger partial charge in [-0.25, -0.2) is 4.79 Å². The molecule has 1 aromatic carbocycles. The van der Waals surface area contributed by atoms with Crippen molar-refractivity contribution in [2.45, 2.75) is 58.5 Å². The quantitative estimate of drug-likeness (QED) is 0.463. The molecule has 0 radical (unpaired) electrons. The molecule has 0 bridgehead atoms. The molecule has 2 unspecified atom stereocenters. The second-order valence-corrected chi connectivity index (χ2v) is 5.93. The Morgan fingerprint density at radius 2 is 2.04 bits per heavy atom. The van der Waals surface area contributed by atoms with Crippen LogP contribution in [0.25, 0.3) is 6.08 Å². The van der Waals surface area contributed by atoms with E-state index in [0.29, 0.717) is 6.61 Å². The minimum atomic E-state index is -0.947. The average molecular weight is 334 g/mol. The predicted octanol–water partition coefficient (Wildman–Crippen LogP) is 4.88. The van der Waals surface area contributed by atoms with Crippen LogP contribution in [0.3, 0.4) is 0 Å². The number of hydrogen-bond donors (Lipinski definition) is 1. The van der Waals surface area contributed by atoms with Gasteiger partial charge in [-0.1, -0.05) is 32.3 Å². The van der Waals surface area contributed by atoms with Gasteiger partial charge in [-0.05, 0) is 49.6 Å². The molecule has 0 amide bonds. The second-order valence-electron chi connectivity index (χ2n) is 5.93. The monoisotopic (exact) mass is 334 g/mol. The van der Waals surface area contributed by atoms with Crippen molar-refractivity contribution >= 4 is 12.0 Å². The third-order valence-electron chi connectivity index (χ3n) is 4.21. The van der Waals surface area contributed by atoms with Crippen LogP contribution in [-0.4, -0.2) is 30.9 Å². The van der Waals surface area contributed by atoms with Crippen molar-refractivity contribution in [2.24, 2.45) is 0 Å². The Kier molecular flexibility index (Phi) is 9.16. The summed E-state index contributed by atoms with van der Waals surface area (Å²) in [6, 6.07) is 5.78. The summed E-state index contributed by atoms with van der Waals surface area (Å²) >= 11 is 0. The van der Waals surface area contributed by atoms with Gasteiger partial charge in [-0.2, -0.15) is 0 Å². The van der Waals surface area contributed by atoms with Crippen LogP contribution in [0.1, 0.15) is 63.5 Å². The number of carboxylic acids is 1. The van der Waals surface area contributed by atoms with Gasteiger partial charge >= 0.3 is 5.97 Å². The summed E-state index contributed by atoms with van der Waals surface area (Å²) < 4.78 is 11.2. The summed E-state index contributed by atoms with van der Waals surface area (Å²) in [5.74, 6) is 0.0406. The van der Waals surface area contributed by atoms with Gasteiger partial charge in [0.15, 0.2) is 0 Å². The molecular formula is C20H30O4. The molecule has 0 saturated heterocycles. The summed E-state index contributed by atoms with van der Waals surface area (Å²) in [7, 11) is 1.64. The van der Waals surface area contributed by atoms with Gasteiger partial charge < -0.3 is 14.6 Å². The van der Waals surface area contributed by atoms with Crippen molar-refractivity contribution < 1.29 is 19.4 Å². The van der Waals surface area contributed by atoms with E-state index in [2.05, 4.69) is 13.8 Å². The third kappa shape index (κ3) is 6.36. The highest BCUT2D eigenvalue weighted by molar-refractivity contribution is 5.85. The highest BCUT2D eigenvalue weighted by Crippen LogP contribution is 2.33. The largest absolute Gasteiger partial charge is 0.497 e. The average Bonchev–Trinajstić information content (AvgIpc) is 2.57. The number of methoxy groups -OCH3 is 1. The van der Waals surface area contributed by atoms with Crippen LogP contribution >= 0.6 is 0 Å². The lowest BCUT2D eigenvalue weighted by atomic mass is 9.85. The Bertz CT molecular complexity index is 536. The maximum absolute atomic E-state index is 10.9. The van der Waals surface area contributed by atoms with Crippen molar-refractivity contribution in [3.63, 3.8) is 0 Å². The number of aliphatic carboxylic acids is 1. The Balaban J connectivity index is 3.21. The minimum Gasteiger partial charge on any atom is -0.497 e. The molecule has 0 saturated carbocycles. The molecule has 134 valence electrons. The van der Waals surface area contributed by atoms with Gasteiger partial charge in [-0.3, -0.25) is 0 Å². The highest BCUT2D eigenvalue weighted by atomic mass is 16.5. The lowest BCUT2D eigenvalue weighted by molar-refractivity contribution is -0.131. The molecule has 0 aromatic heterocycles. The van der Waals surface area contributed by atoms with E-state index in [1.54, 1.807) is 13.2 Å². The van der Waals surface area contributed by atoms with Crippen molar-refractivity contribution in [1.82, 2.24) is 0 Å². The molecule has 0 aliphatic rings. The topological polar surface area (TPSA) is 55.8 Å². The van der Waals surface area contributed by atoms with E-state index in [-0.39, 0.29) is 12.0 Å². The smallest absolute Gasteiger partial charge is 0.328 e. The molecule has 1 N–H and O–H groups in total. The first kappa shape index (κ1) is 20.2. The van der Waals surface area contributed by atoms with Crippen molar-refractivity contribution in [3.8, 4) is 5.75 Å². The molecule has 4 nitrogen and oxygen atoms in total. The fourth-order valence-electron chi connectivity index (χ4n) is 2.95. The summed E-state index contributed by atoms with van der Waals surface area (Å²) in [4.78, 5) is 10.9. The fourth-order valence-corrected chi connectivity index (χ4v) is 2.95. The molecule has 0 heterocycles. The first-order chi connectivity index (χ1) is 11.5. The lowest BCUT2D eigenvalue weighted by Crippen LogP contribution is -2.20. The Morgan fingerprint density at radius 1 is 1.29 bits per heavy atom. The summed E-state index contributed by atoms with van der Waals surface area (Å²) in [6.07, 6.45) is 7.38.